The van der Waals surface area contributed by atoms with Crippen LogP contribution in [0.15, 0.2) is 55.3 Å². The largest absolute Gasteiger partial charge is 0.356 e. The molecule has 4 rings (SSSR count). The number of para-hydroxylation sites is 2. The van der Waals surface area contributed by atoms with Crippen LogP contribution in [-0.2, 0) is 6.42 Å². The van der Waals surface area contributed by atoms with Crippen LogP contribution in [0, 0.1) is 0 Å². The number of hydrogen-bond acceptors (Lipinski definition) is 4. The predicted molar refractivity (Wildman–Crippen MR) is 116 cm³/mol. The number of rotatable bonds is 6. The van der Waals surface area contributed by atoms with Crippen LogP contribution in [0.4, 0.5) is 5.82 Å². The first kappa shape index (κ1) is 19.2. The van der Waals surface area contributed by atoms with E-state index in [9.17, 15) is 4.79 Å². The number of aryl methyl sites for hydroxylation is 1. The van der Waals surface area contributed by atoms with Crippen LogP contribution < -0.4 is 10.2 Å². The van der Waals surface area contributed by atoms with Crippen molar-refractivity contribution < 1.29 is 4.79 Å². The fourth-order valence-electron chi connectivity index (χ4n) is 4.08. The van der Waals surface area contributed by atoms with Gasteiger partial charge in [0.2, 0.25) is 0 Å². The molecule has 150 valence electrons. The molecule has 0 unspecified atom stereocenters. The summed E-state index contributed by atoms with van der Waals surface area (Å²) in [7, 11) is 0. The van der Waals surface area contributed by atoms with Crippen LogP contribution in [0.2, 0.25) is 0 Å². The molecule has 0 bridgehead atoms. The Morgan fingerprint density at radius 3 is 2.72 bits per heavy atom. The fraction of sp³-hybridized carbons (Fsp3) is 0.348. The summed E-state index contributed by atoms with van der Waals surface area (Å²) < 4.78 is 2.44. The molecule has 0 radical (unpaired) electrons. The minimum absolute atomic E-state index is 0.123. The third-order valence-corrected chi connectivity index (χ3v) is 5.56. The quantitative estimate of drug-likeness (QED) is 0.652. The highest BCUT2D eigenvalue weighted by Gasteiger charge is 2.24. The number of anilines is 1. The number of amides is 1. The van der Waals surface area contributed by atoms with Crippen molar-refractivity contribution in [3.05, 3.63) is 66.6 Å². The lowest BCUT2D eigenvalue weighted by Crippen LogP contribution is -2.35. The maximum absolute atomic E-state index is 12.0. The van der Waals surface area contributed by atoms with E-state index in [-0.39, 0.29) is 5.91 Å². The van der Waals surface area contributed by atoms with Crippen molar-refractivity contribution in [3.8, 4) is 0 Å². The SMILES string of the molecule is C=CCNC(=O)c1ccc(N2CCC(n3c(CC)nc4ccccc43)CC2)nc1. The molecule has 1 aliphatic rings. The van der Waals surface area contributed by atoms with E-state index < -0.39 is 0 Å². The van der Waals surface area contributed by atoms with Gasteiger partial charge in [-0.3, -0.25) is 4.79 Å². The van der Waals surface area contributed by atoms with Crippen molar-refractivity contribution in [2.24, 2.45) is 0 Å². The van der Waals surface area contributed by atoms with E-state index in [1.807, 2.05) is 12.1 Å². The lowest BCUT2D eigenvalue weighted by Gasteiger charge is -2.34. The average molecular weight is 390 g/mol. The summed E-state index contributed by atoms with van der Waals surface area (Å²) in [6, 6.07) is 12.6. The van der Waals surface area contributed by atoms with E-state index in [4.69, 9.17) is 4.98 Å². The number of carbonyl (C=O) groups is 1. The first-order valence-electron chi connectivity index (χ1n) is 10.3. The minimum atomic E-state index is -0.123. The number of carbonyl (C=O) groups excluding carboxylic acids is 1. The maximum Gasteiger partial charge on any atom is 0.253 e. The van der Waals surface area contributed by atoms with Gasteiger partial charge in [-0.2, -0.15) is 0 Å². The molecule has 6 nitrogen and oxygen atoms in total. The molecule has 1 saturated heterocycles. The molecule has 0 saturated carbocycles. The number of aromatic nitrogens is 3. The van der Waals surface area contributed by atoms with Gasteiger partial charge in [-0.05, 0) is 37.1 Å². The molecule has 6 heteroatoms. The Morgan fingerprint density at radius 2 is 2.03 bits per heavy atom. The smallest absolute Gasteiger partial charge is 0.253 e. The molecule has 1 amide bonds. The molecule has 3 aromatic rings. The van der Waals surface area contributed by atoms with Crippen LogP contribution in [-0.4, -0.2) is 40.1 Å². The van der Waals surface area contributed by atoms with E-state index in [0.29, 0.717) is 18.2 Å². The molecule has 1 aliphatic heterocycles. The number of pyridine rings is 1. The van der Waals surface area contributed by atoms with E-state index in [1.54, 1.807) is 12.3 Å². The second-order valence-corrected chi connectivity index (χ2v) is 7.36. The van der Waals surface area contributed by atoms with Crippen LogP contribution in [0.3, 0.4) is 0 Å². The van der Waals surface area contributed by atoms with Gasteiger partial charge in [-0.1, -0.05) is 25.1 Å². The van der Waals surface area contributed by atoms with E-state index in [0.717, 1.165) is 49.5 Å². The average Bonchev–Trinajstić information content (AvgIpc) is 3.16. The van der Waals surface area contributed by atoms with Crippen molar-refractivity contribution in [1.82, 2.24) is 19.9 Å². The van der Waals surface area contributed by atoms with Gasteiger partial charge in [0.25, 0.3) is 5.91 Å². The van der Waals surface area contributed by atoms with Gasteiger partial charge < -0.3 is 14.8 Å². The first-order chi connectivity index (χ1) is 14.2. The number of fused-ring (bicyclic) bond motifs is 1. The van der Waals surface area contributed by atoms with Crippen LogP contribution in [0.5, 0.6) is 0 Å². The van der Waals surface area contributed by atoms with Gasteiger partial charge in [-0.25, -0.2) is 9.97 Å². The van der Waals surface area contributed by atoms with Crippen molar-refractivity contribution >= 4 is 22.8 Å². The zero-order valence-electron chi connectivity index (χ0n) is 16.8. The van der Waals surface area contributed by atoms with E-state index >= 15 is 0 Å². The molecule has 0 spiro atoms. The predicted octanol–water partition coefficient (Wildman–Crippen LogP) is 3.75. The standard InChI is InChI=1S/C23H27N5O/c1-3-13-24-23(29)17-9-10-22(25-16-17)27-14-11-18(12-15-27)28-20-8-6-5-7-19(20)26-21(28)4-2/h3,5-10,16,18H,1,4,11-15H2,2H3,(H,24,29). The second-order valence-electron chi connectivity index (χ2n) is 7.36. The Labute approximate surface area is 171 Å². The van der Waals surface area contributed by atoms with Crippen molar-refractivity contribution in [2.75, 3.05) is 24.5 Å². The molecule has 0 atom stereocenters. The summed E-state index contributed by atoms with van der Waals surface area (Å²) in [5, 5.41) is 2.78. The molecule has 3 heterocycles. The summed E-state index contributed by atoms with van der Waals surface area (Å²) in [6.07, 6.45) is 6.36. The van der Waals surface area contributed by atoms with E-state index in [1.165, 1.54) is 5.52 Å². The highest BCUT2D eigenvalue weighted by atomic mass is 16.1. The second kappa shape index (κ2) is 8.47. The number of hydrogen-bond donors (Lipinski definition) is 1. The van der Waals surface area contributed by atoms with Crippen LogP contribution in [0.1, 0.15) is 42.0 Å². The van der Waals surface area contributed by atoms with Gasteiger partial charge in [-0.15, -0.1) is 6.58 Å². The summed E-state index contributed by atoms with van der Waals surface area (Å²) in [6.45, 7) is 8.12. The van der Waals surface area contributed by atoms with Gasteiger partial charge in [0.15, 0.2) is 0 Å². The number of benzene rings is 1. The Hall–Kier alpha value is -3.15. The molecule has 1 aromatic carbocycles. The molecule has 0 aliphatic carbocycles. The lowest BCUT2D eigenvalue weighted by molar-refractivity contribution is 0.0957. The minimum Gasteiger partial charge on any atom is -0.356 e. The number of piperidine rings is 1. The zero-order valence-corrected chi connectivity index (χ0v) is 16.8. The van der Waals surface area contributed by atoms with Gasteiger partial charge >= 0.3 is 0 Å². The number of nitrogens with zero attached hydrogens (tertiary/aromatic N) is 4. The van der Waals surface area contributed by atoms with Gasteiger partial charge in [0.05, 0.1) is 16.6 Å². The lowest BCUT2D eigenvalue weighted by atomic mass is 10.0. The molecular formula is C23H27N5O. The number of nitrogens with one attached hydrogen (secondary N) is 1. The summed E-state index contributed by atoms with van der Waals surface area (Å²) in [4.78, 5) is 23.7. The van der Waals surface area contributed by atoms with Gasteiger partial charge in [0, 0.05) is 38.3 Å². The Morgan fingerprint density at radius 1 is 1.24 bits per heavy atom. The fourth-order valence-corrected chi connectivity index (χ4v) is 4.08. The number of imidazole rings is 1. The molecular weight excluding hydrogens is 362 g/mol. The van der Waals surface area contributed by atoms with Crippen molar-refractivity contribution in [1.29, 1.82) is 0 Å². The van der Waals surface area contributed by atoms with Crippen LogP contribution in [0.25, 0.3) is 11.0 Å². The van der Waals surface area contributed by atoms with Crippen molar-refractivity contribution in [3.63, 3.8) is 0 Å². The molecule has 29 heavy (non-hydrogen) atoms. The highest BCUT2D eigenvalue weighted by Crippen LogP contribution is 2.30. The Kier molecular flexibility index (Phi) is 5.60. The molecule has 1 fully saturated rings. The van der Waals surface area contributed by atoms with E-state index in [2.05, 4.69) is 57.5 Å². The summed E-state index contributed by atoms with van der Waals surface area (Å²) in [5.41, 5.74) is 2.89. The normalized spacial score (nSPS) is 14.9. The third-order valence-electron chi connectivity index (χ3n) is 5.56. The monoisotopic (exact) mass is 389 g/mol. The summed E-state index contributed by atoms with van der Waals surface area (Å²) >= 11 is 0. The highest BCUT2D eigenvalue weighted by molar-refractivity contribution is 5.94. The van der Waals surface area contributed by atoms with Crippen LogP contribution >= 0.6 is 0 Å². The topological polar surface area (TPSA) is 63.1 Å². The third kappa shape index (κ3) is 3.88. The first-order valence-corrected chi connectivity index (χ1v) is 10.3. The van der Waals surface area contributed by atoms with Crippen molar-refractivity contribution in [2.45, 2.75) is 32.2 Å². The van der Waals surface area contributed by atoms with Gasteiger partial charge in [0.1, 0.15) is 11.6 Å². The molecule has 1 N–H and O–H groups in total. The maximum atomic E-state index is 12.0. The zero-order chi connectivity index (χ0) is 20.2. The summed E-state index contributed by atoms with van der Waals surface area (Å²) in [5.74, 6) is 1.97. The Balaban J connectivity index is 1.45. The molecule has 2 aromatic heterocycles. The Bertz CT molecular complexity index is 1000.